The Morgan fingerprint density at radius 3 is 2.58 bits per heavy atom. The Hall–Kier alpha value is -3.63. The molecule has 0 bridgehead atoms. The number of carbonyl (C=O) groups excluding carboxylic acids is 2. The van der Waals surface area contributed by atoms with Gasteiger partial charge < -0.3 is 19.4 Å². The fraction of sp³-hybridized carbons (Fsp3) is 0.286. The quantitative estimate of drug-likeness (QED) is 0.190. The number of thiophene rings is 1. The fourth-order valence-corrected chi connectivity index (χ4v) is 5.77. The van der Waals surface area contributed by atoms with Crippen molar-refractivity contribution in [1.82, 2.24) is 14.8 Å². The van der Waals surface area contributed by atoms with Crippen molar-refractivity contribution >= 4 is 40.0 Å². The summed E-state index contributed by atoms with van der Waals surface area (Å²) in [6.45, 7) is 8.89. The first-order valence-corrected chi connectivity index (χ1v) is 14.0. The molecule has 2 aromatic heterocycles. The minimum atomic E-state index is -0.492. The summed E-state index contributed by atoms with van der Waals surface area (Å²) in [5.41, 5.74) is 5.20. The van der Waals surface area contributed by atoms with Gasteiger partial charge >= 0.3 is 5.97 Å². The van der Waals surface area contributed by atoms with Crippen LogP contribution in [0.15, 0.2) is 53.0 Å². The molecule has 0 fully saturated rings. The molecular weight excluding hydrogens is 520 g/mol. The summed E-state index contributed by atoms with van der Waals surface area (Å²) in [4.78, 5) is 25.6. The Morgan fingerprint density at radius 2 is 1.84 bits per heavy atom. The highest BCUT2D eigenvalue weighted by atomic mass is 32.2. The number of nitrogens with zero attached hydrogens (tertiary/aromatic N) is 3. The number of methoxy groups -OCH3 is 1. The summed E-state index contributed by atoms with van der Waals surface area (Å²) in [5, 5.41) is 14.4. The molecule has 0 aliphatic carbocycles. The Morgan fingerprint density at radius 1 is 1.05 bits per heavy atom. The number of ether oxygens (including phenoxy) is 2. The molecule has 38 heavy (non-hydrogen) atoms. The maximum atomic E-state index is 12.9. The molecule has 8 nitrogen and oxygen atoms in total. The third kappa shape index (κ3) is 6.08. The number of anilines is 1. The molecule has 198 valence electrons. The lowest BCUT2D eigenvalue weighted by molar-refractivity contribution is -0.113. The summed E-state index contributed by atoms with van der Waals surface area (Å²) in [6, 6.07) is 13.9. The van der Waals surface area contributed by atoms with Gasteiger partial charge in [0, 0.05) is 17.5 Å². The van der Waals surface area contributed by atoms with Crippen LogP contribution in [0.1, 0.15) is 39.8 Å². The number of benzene rings is 2. The number of aryl methyl sites for hydroxylation is 3. The second kappa shape index (κ2) is 12.3. The zero-order valence-electron chi connectivity index (χ0n) is 22.0. The van der Waals surface area contributed by atoms with Crippen LogP contribution in [0.4, 0.5) is 5.00 Å². The second-order valence-electron chi connectivity index (χ2n) is 8.70. The molecule has 1 amide bonds. The van der Waals surface area contributed by atoms with Gasteiger partial charge in [-0.2, -0.15) is 0 Å². The van der Waals surface area contributed by atoms with Crippen molar-refractivity contribution in [2.45, 2.75) is 46.0 Å². The van der Waals surface area contributed by atoms with E-state index in [4.69, 9.17) is 9.47 Å². The Labute approximate surface area is 230 Å². The van der Waals surface area contributed by atoms with E-state index in [1.54, 1.807) is 0 Å². The molecule has 0 aliphatic rings. The summed E-state index contributed by atoms with van der Waals surface area (Å²) in [5.74, 6) is 0.841. The summed E-state index contributed by atoms with van der Waals surface area (Å²) >= 11 is 2.59. The predicted octanol–water partition coefficient (Wildman–Crippen LogP) is 6.05. The van der Waals surface area contributed by atoms with Gasteiger partial charge in [0.25, 0.3) is 0 Å². The van der Waals surface area contributed by atoms with E-state index >= 15 is 0 Å². The van der Waals surface area contributed by atoms with Crippen molar-refractivity contribution in [1.29, 1.82) is 0 Å². The van der Waals surface area contributed by atoms with E-state index in [1.165, 1.54) is 30.2 Å². The zero-order valence-corrected chi connectivity index (χ0v) is 23.7. The van der Waals surface area contributed by atoms with E-state index in [9.17, 15) is 9.59 Å². The lowest BCUT2D eigenvalue weighted by Crippen LogP contribution is -2.16. The van der Waals surface area contributed by atoms with Crippen LogP contribution in [0, 0.1) is 20.8 Å². The van der Waals surface area contributed by atoms with Crippen LogP contribution in [0.25, 0.3) is 11.1 Å². The van der Waals surface area contributed by atoms with Crippen molar-refractivity contribution in [2.24, 2.45) is 0 Å². The zero-order chi connectivity index (χ0) is 27.2. The van der Waals surface area contributed by atoms with Crippen LogP contribution < -0.4 is 10.1 Å². The number of carbonyl (C=O) groups is 2. The van der Waals surface area contributed by atoms with Gasteiger partial charge in [-0.15, -0.1) is 21.5 Å². The minimum absolute atomic E-state index is 0.105. The number of esters is 1. The summed E-state index contributed by atoms with van der Waals surface area (Å²) < 4.78 is 12.9. The topological polar surface area (TPSA) is 95.3 Å². The molecule has 0 unspecified atom stereocenters. The molecule has 4 rings (SSSR count). The van der Waals surface area contributed by atoms with E-state index in [1.807, 2.05) is 80.1 Å². The van der Waals surface area contributed by atoms with Gasteiger partial charge in [0.15, 0.2) is 11.0 Å². The van der Waals surface area contributed by atoms with Crippen molar-refractivity contribution in [3.63, 3.8) is 0 Å². The largest absolute Gasteiger partial charge is 0.485 e. The third-order valence-electron chi connectivity index (χ3n) is 6.01. The summed E-state index contributed by atoms with van der Waals surface area (Å²) in [6.07, 6.45) is 0. The fourth-order valence-electron chi connectivity index (χ4n) is 3.98. The number of hydrogen-bond acceptors (Lipinski definition) is 8. The molecular formula is C28H30N4O4S2. The smallest absolute Gasteiger partial charge is 0.341 e. The van der Waals surface area contributed by atoms with Crippen LogP contribution >= 0.6 is 23.1 Å². The van der Waals surface area contributed by atoms with E-state index in [-0.39, 0.29) is 18.3 Å². The first-order valence-electron chi connectivity index (χ1n) is 12.1. The van der Waals surface area contributed by atoms with E-state index in [2.05, 4.69) is 15.5 Å². The average Bonchev–Trinajstić information content (AvgIpc) is 3.51. The highest BCUT2D eigenvalue weighted by Gasteiger charge is 2.24. The second-order valence-corrected chi connectivity index (χ2v) is 10.5. The van der Waals surface area contributed by atoms with Crippen LogP contribution in [-0.4, -0.2) is 39.5 Å². The third-order valence-corrected chi connectivity index (χ3v) is 7.87. The normalized spacial score (nSPS) is 10.9. The van der Waals surface area contributed by atoms with Crippen molar-refractivity contribution in [3.05, 3.63) is 75.9 Å². The molecule has 10 heteroatoms. The molecule has 4 aromatic rings. The molecule has 0 saturated carbocycles. The number of hydrogen-bond donors (Lipinski definition) is 1. The van der Waals surface area contributed by atoms with Gasteiger partial charge in [-0.05, 0) is 50.5 Å². The van der Waals surface area contributed by atoms with Gasteiger partial charge in [-0.25, -0.2) is 4.79 Å². The predicted molar refractivity (Wildman–Crippen MR) is 151 cm³/mol. The Kier molecular flexibility index (Phi) is 8.85. The molecule has 2 aromatic carbocycles. The Bertz CT molecular complexity index is 1460. The van der Waals surface area contributed by atoms with E-state index < -0.39 is 5.97 Å². The van der Waals surface area contributed by atoms with Crippen molar-refractivity contribution in [2.75, 3.05) is 18.2 Å². The molecule has 0 atom stereocenters. The van der Waals surface area contributed by atoms with Gasteiger partial charge in [-0.1, -0.05) is 53.7 Å². The highest BCUT2D eigenvalue weighted by molar-refractivity contribution is 7.99. The highest BCUT2D eigenvalue weighted by Crippen LogP contribution is 2.38. The maximum absolute atomic E-state index is 12.9. The van der Waals surface area contributed by atoms with Crippen LogP contribution in [0.3, 0.4) is 0 Å². The molecule has 0 radical (unpaired) electrons. The monoisotopic (exact) mass is 550 g/mol. The standard InChI is InChI=1S/C28H30N4O4S2/c1-6-32-23(14-36-22-10-8-7-9-19(22)4)30-31-28(32)38-16-24(33)29-26-25(27(34)35-5)21(15-37-26)20-13-17(2)11-12-18(20)3/h7-13,15H,6,14,16H2,1-5H3,(H,29,33). The van der Waals surface area contributed by atoms with E-state index in [0.29, 0.717) is 28.1 Å². The van der Waals surface area contributed by atoms with Gasteiger partial charge in [-0.3, -0.25) is 4.79 Å². The number of thioether (sulfide) groups is 1. The van der Waals surface area contributed by atoms with Crippen LogP contribution in [0.2, 0.25) is 0 Å². The lowest BCUT2D eigenvalue weighted by Gasteiger charge is -2.11. The molecule has 0 spiro atoms. The number of para-hydroxylation sites is 1. The number of nitrogens with one attached hydrogen (secondary N) is 1. The van der Waals surface area contributed by atoms with E-state index in [0.717, 1.165) is 33.6 Å². The van der Waals surface area contributed by atoms with Crippen LogP contribution in [0.5, 0.6) is 5.75 Å². The molecule has 1 N–H and O–H groups in total. The van der Waals surface area contributed by atoms with Crippen molar-refractivity contribution < 1.29 is 19.1 Å². The average molecular weight is 551 g/mol. The lowest BCUT2D eigenvalue weighted by atomic mass is 9.97. The number of aromatic nitrogens is 3. The van der Waals surface area contributed by atoms with Crippen molar-refractivity contribution in [3.8, 4) is 16.9 Å². The SMILES string of the molecule is CCn1c(COc2ccccc2C)nnc1SCC(=O)Nc1scc(-c2cc(C)ccc2C)c1C(=O)OC. The molecule has 0 aliphatic heterocycles. The van der Waals surface area contributed by atoms with Gasteiger partial charge in [0.1, 0.15) is 22.9 Å². The minimum Gasteiger partial charge on any atom is -0.485 e. The Balaban J connectivity index is 1.46. The maximum Gasteiger partial charge on any atom is 0.341 e. The first-order chi connectivity index (χ1) is 18.3. The van der Waals surface area contributed by atoms with Crippen LogP contribution in [-0.2, 0) is 22.7 Å². The van der Waals surface area contributed by atoms with Gasteiger partial charge in [0.05, 0.1) is 12.9 Å². The first kappa shape index (κ1) is 27.4. The molecule has 0 saturated heterocycles. The van der Waals surface area contributed by atoms with Gasteiger partial charge in [0.2, 0.25) is 5.91 Å². The number of rotatable bonds is 10. The summed E-state index contributed by atoms with van der Waals surface area (Å²) in [7, 11) is 1.34. The number of amides is 1. The molecule has 2 heterocycles.